The topological polar surface area (TPSA) is 69.8 Å². The van der Waals surface area contributed by atoms with Gasteiger partial charge in [0.1, 0.15) is 5.82 Å². The minimum absolute atomic E-state index is 0.106. The van der Waals surface area contributed by atoms with Crippen molar-refractivity contribution in [2.75, 3.05) is 0 Å². The number of pyridine rings is 4. The van der Waals surface area contributed by atoms with Crippen molar-refractivity contribution in [3.05, 3.63) is 87.3 Å². The molecule has 0 bridgehead atoms. The van der Waals surface area contributed by atoms with E-state index in [0.717, 1.165) is 19.3 Å². The van der Waals surface area contributed by atoms with Crippen LogP contribution in [0.25, 0.3) is 27.6 Å². The third kappa shape index (κ3) is 3.34. The van der Waals surface area contributed by atoms with Crippen LogP contribution in [-0.4, -0.2) is 19.1 Å². The zero-order valence-corrected chi connectivity index (χ0v) is 16.6. The smallest absolute Gasteiger partial charge is 0.265 e. The van der Waals surface area contributed by atoms with Crippen LogP contribution in [0.3, 0.4) is 0 Å². The number of nitrogens with zero attached hydrogens (tertiary/aromatic N) is 4. The molecule has 0 unspecified atom stereocenters. The highest BCUT2D eigenvalue weighted by atomic mass is 16.1. The largest absolute Gasteiger partial charge is 0.315 e. The van der Waals surface area contributed by atoms with Gasteiger partial charge < -0.3 is 4.57 Å². The van der Waals surface area contributed by atoms with Crippen LogP contribution in [0.4, 0.5) is 0 Å². The van der Waals surface area contributed by atoms with E-state index in [4.69, 9.17) is 0 Å². The molecule has 4 aromatic heterocycles. The predicted molar refractivity (Wildman–Crippen MR) is 118 cm³/mol. The van der Waals surface area contributed by atoms with Crippen LogP contribution in [0, 0.1) is 0 Å². The lowest BCUT2D eigenvalue weighted by atomic mass is 9.97. The van der Waals surface area contributed by atoms with Gasteiger partial charge >= 0.3 is 0 Å². The van der Waals surface area contributed by atoms with Crippen molar-refractivity contribution >= 4 is 21.8 Å². The number of rotatable bonds is 4. The molecule has 5 rings (SSSR count). The fourth-order valence-corrected chi connectivity index (χ4v) is 4.11. The summed E-state index contributed by atoms with van der Waals surface area (Å²) in [6.07, 6.45) is 13.1. The Hall–Kier alpha value is -3.54. The van der Waals surface area contributed by atoms with Gasteiger partial charge in [-0.15, -0.1) is 0 Å². The Morgan fingerprint density at radius 2 is 1.77 bits per heavy atom. The maximum atomic E-state index is 13.1. The first-order valence-electron chi connectivity index (χ1n) is 10.4. The summed E-state index contributed by atoms with van der Waals surface area (Å²) < 4.78 is 3.21. The van der Waals surface area contributed by atoms with Crippen LogP contribution in [0.1, 0.15) is 32.1 Å². The molecule has 0 fully saturated rings. The molecule has 30 heavy (non-hydrogen) atoms. The molecule has 0 radical (unpaired) electrons. The molecule has 1 aliphatic rings. The lowest BCUT2D eigenvalue weighted by molar-refractivity contribution is 0.616. The Morgan fingerprint density at radius 1 is 0.933 bits per heavy atom. The number of aryl methyl sites for hydroxylation is 1. The molecular formula is C24H22N4O2. The molecule has 0 aromatic carbocycles. The Bertz CT molecular complexity index is 1380. The minimum atomic E-state index is -0.234. The van der Waals surface area contributed by atoms with E-state index in [9.17, 15) is 9.59 Å². The number of allylic oxidation sites excluding steroid dienone is 2. The molecule has 0 saturated carbocycles. The molecule has 150 valence electrons. The van der Waals surface area contributed by atoms with Gasteiger partial charge in [-0.05, 0) is 62.4 Å². The van der Waals surface area contributed by atoms with E-state index < -0.39 is 0 Å². The van der Waals surface area contributed by atoms with Crippen LogP contribution in [0.2, 0.25) is 0 Å². The summed E-state index contributed by atoms with van der Waals surface area (Å²) in [5, 5.41) is 0.888. The highest BCUT2D eigenvalue weighted by molar-refractivity contribution is 5.91. The highest BCUT2D eigenvalue weighted by Gasteiger charge is 2.12. The summed E-state index contributed by atoms with van der Waals surface area (Å²) in [5.74, 6) is 0.538. The standard InChI is InChI=1S/C24H22N4O2/c29-23-18-16-19-21(11-15-28(24(19)30)22-8-4-5-12-25-22)26-20(18)10-14-27(23)13-9-17-6-2-1-3-7-17/h4-6,8,10-12,14-16H,1-3,7,9,13H2. The molecule has 0 saturated heterocycles. The molecule has 0 aliphatic heterocycles. The third-order valence-corrected chi connectivity index (χ3v) is 5.77. The fourth-order valence-electron chi connectivity index (χ4n) is 4.11. The van der Waals surface area contributed by atoms with Crippen molar-refractivity contribution in [2.45, 2.75) is 38.6 Å². The van der Waals surface area contributed by atoms with Gasteiger partial charge in [0.15, 0.2) is 0 Å². The number of hydrogen-bond donors (Lipinski definition) is 0. The van der Waals surface area contributed by atoms with E-state index in [0.29, 0.717) is 34.2 Å². The molecule has 4 heterocycles. The van der Waals surface area contributed by atoms with E-state index in [-0.39, 0.29) is 11.1 Å². The second kappa shape index (κ2) is 7.71. The molecule has 0 amide bonds. The van der Waals surface area contributed by atoms with Gasteiger partial charge in [-0.1, -0.05) is 17.7 Å². The number of aromatic nitrogens is 4. The van der Waals surface area contributed by atoms with Crippen molar-refractivity contribution in [1.29, 1.82) is 0 Å². The van der Waals surface area contributed by atoms with E-state index in [1.54, 1.807) is 41.2 Å². The van der Waals surface area contributed by atoms with E-state index in [2.05, 4.69) is 16.0 Å². The minimum Gasteiger partial charge on any atom is -0.315 e. The lowest BCUT2D eigenvalue weighted by Crippen LogP contribution is -2.22. The van der Waals surface area contributed by atoms with Gasteiger partial charge in [0.2, 0.25) is 0 Å². The van der Waals surface area contributed by atoms with Crippen LogP contribution < -0.4 is 11.1 Å². The van der Waals surface area contributed by atoms with Crippen molar-refractivity contribution in [3.8, 4) is 5.82 Å². The summed E-state index contributed by atoms with van der Waals surface area (Å²) >= 11 is 0. The molecule has 4 aromatic rings. The van der Waals surface area contributed by atoms with Crippen molar-refractivity contribution in [2.24, 2.45) is 0 Å². The average Bonchev–Trinajstić information content (AvgIpc) is 2.79. The highest BCUT2D eigenvalue weighted by Crippen LogP contribution is 2.21. The summed E-state index contributed by atoms with van der Waals surface area (Å²) in [7, 11) is 0. The fraction of sp³-hybridized carbons (Fsp3) is 0.250. The SMILES string of the molecule is O=c1c2cc3c(=O)n(-c4ccccn4)ccc3nc2ccn1CCC1=CCCCC1. The lowest BCUT2D eigenvalue weighted by Gasteiger charge is -2.14. The third-order valence-electron chi connectivity index (χ3n) is 5.77. The molecule has 6 heteroatoms. The molecule has 6 nitrogen and oxygen atoms in total. The molecule has 0 atom stereocenters. The van der Waals surface area contributed by atoms with Gasteiger partial charge in [-0.2, -0.15) is 0 Å². The van der Waals surface area contributed by atoms with Crippen molar-refractivity contribution in [1.82, 2.24) is 19.1 Å². The molecule has 1 aliphatic carbocycles. The number of fused-ring (bicyclic) bond motifs is 2. The molecule has 0 spiro atoms. The van der Waals surface area contributed by atoms with E-state index in [1.165, 1.54) is 23.0 Å². The van der Waals surface area contributed by atoms with E-state index >= 15 is 0 Å². The van der Waals surface area contributed by atoms with Crippen LogP contribution in [0.15, 0.2) is 76.2 Å². The second-order valence-electron chi connectivity index (χ2n) is 7.71. The van der Waals surface area contributed by atoms with Crippen LogP contribution >= 0.6 is 0 Å². The predicted octanol–water partition coefficient (Wildman–Crippen LogP) is 3.99. The second-order valence-corrected chi connectivity index (χ2v) is 7.71. The maximum Gasteiger partial charge on any atom is 0.265 e. The Morgan fingerprint density at radius 3 is 2.53 bits per heavy atom. The van der Waals surface area contributed by atoms with Crippen LogP contribution in [0.5, 0.6) is 0 Å². The zero-order chi connectivity index (χ0) is 20.5. The van der Waals surface area contributed by atoms with Crippen LogP contribution in [-0.2, 0) is 6.54 Å². The first-order valence-corrected chi connectivity index (χ1v) is 10.4. The summed E-state index contributed by atoms with van der Waals surface area (Å²) in [5.41, 5.74) is 2.27. The Labute approximate surface area is 173 Å². The monoisotopic (exact) mass is 398 g/mol. The Kier molecular flexibility index (Phi) is 4.75. The quantitative estimate of drug-likeness (QED) is 0.385. The first kappa shape index (κ1) is 18.5. The van der Waals surface area contributed by atoms with Gasteiger partial charge in [0, 0.05) is 25.1 Å². The Balaban J connectivity index is 1.58. The summed E-state index contributed by atoms with van der Waals surface area (Å²) in [6, 6.07) is 10.7. The first-order chi connectivity index (χ1) is 14.7. The number of hydrogen-bond acceptors (Lipinski definition) is 4. The zero-order valence-electron chi connectivity index (χ0n) is 16.6. The van der Waals surface area contributed by atoms with Gasteiger partial charge in [-0.3, -0.25) is 14.2 Å². The van der Waals surface area contributed by atoms with Gasteiger partial charge in [0.25, 0.3) is 11.1 Å². The average molecular weight is 398 g/mol. The van der Waals surface area contributed by atoms with Crippen molar-refractivity contribution < 1.29 is 0 Å². The molecule has 0 N–H and O–H groups in total. The van der Waals surface area contributed by atoms with E-state index in [1.807, 2.05) is 18.3 Å². The maximum absolute atomic E-state index is 13.1. The normalized spacial score (nSPS) is 14.2. The summed E-state index contributed by atoms with van der Waals surface area (Å²) in [4.78, 5) is 35.0. The molecular weight excluding hydrogens is 376 g/mol. The summed E-state index contributed by atoms with van der Waals surface area (Å²) in [6.45, 7) is 0.644. The van der Waals surface area contributed by atoms with Gasteiger partial charge in [0.05, 0.1) is 21.8 Å². The van der Waals surface area contributed by atoms with Crippen molar-refractivity contribution in [3.63, 3.8) is 0 Å². The van der Waals surface area contributed by atoms with Gasteiger partial charge in [-0.25, -0.2) is 9.97 Å².